The highest BCUT2D eigenvalue weighted by Gasteiger charge is 2.31. The second-order valence-electron chi connectivity index (χ2n) is 4.82. The van der Waals surface area contributed by atoms with Crippen LogP contribution in [0.1, 0.15) is 17.8 Å². The Morgan fingerprint density at radius 3 is 2.74 bits per heavy atom. The zero-order chi connectivity index (χ0) is 14.0. The molecule has 108 valence electrons. The lowest BCUT2D eigenvalue weighted by Gasteiger charge is -2.20. The van der Waals surface area contributed by atoms with Gasteiger partial charge < -0.3 is 4.90 Å². The number of likely N-dealkylation sites (N-methyl/N-ethyl adjacent to an activating group) is 1. The van der Waals surface area contributed by atoms with Crippen molar-refractivity contribution in [3.05, 3.63) is 11.4 Å². The number of aromatic amines is 1. The molecule has 1 aliphatic rings. The number of halogens is 1. The Labute approximate surface area is 118 Å². The molecular formula is C11H19ClN4O2S. The molecule has 0 unspecified atom stereocenters. The quantitative estimate of drug-likeness (QED) is 0.838. The molecular weight excluding hydrogens is 288 g/mol. The van der Waals surface area contributed by atoms with Crippen LogP contribution in [0.25, 0.3) is 0 Å². The molecule has 1 aromatic rings. The molecule has 1 saturated heterocycles. The maximum atomic E-state index is 12.7. The first-order valence-electron chi connectivity index (χ1n) is 6.25. The van der Waals surface area contributed by atoms with E-state index in [0.29, 0.717) is 24.5 Å². The van der Waals surface area contributed by atoms with Gasteiger partial charge in [0, 0.05) is 19.6 Å². The Kier molecular flexibility index (Phi) is 4.50. The summed E-state index contributed by atoms with van der Waals surface area (Å²) in [5, 5.41) is 6.67. The number of aryl methyl sites for hydroxylation is 1. The standard InChI is InChI=1S/C11H19ClN4O2S/c1-9-11(10(8-12)14-13-9)19(17,18)16-5-3-4-15(2)6-7-16/h3-8H2,1-2H3,(H,13,14). The summed E-state index contributed by atoms with van der Waals surface area (Å²) in [5.74, 6) is 0.0899. The third-order valence-electron chi connectivity index (χ3n) is 3.36. The van der Waals surface area contributed by atoms with Gasteiger partial charge in [0.05, 0.1) is 17.3 Å². The second kappa shape index (κ2) is 5.78. The van der Waals surface area contributed by atoms with Crippen molar-refractivity contribution in [2.45, 2.75) is 24.1 Å². The fraction of sp³-hybridized carbons (Fsp3) is 0.727. The van der Waals surface area contributed by atoms with Crippen LogP contribution in [0.3, 0.4) is 0 Å². The molecule has 2 rings (SSSR count). The lowest BCUT2D eigenvalue weighted by atomic mass is 10.4. The van der Waals surface area contributed by atoms with E-state index in [4.69, 9.17) is 11.6 Å². The van der Waals surface area contributed by atoms with Crippen LogP contribution in [0.15, 0.2) is 4.90 Å². The molecule has 0 aromatic carbocycles. The third kappa shape index (κ3) is 2.94. The summed E-state index contributed by atoms with van der Waals surface area (Å²) in [6.45, 7) is 4.41. The van der Waals surface area contributed by atoms with Gasteiger partial charge in [-0.15, -0.1) is 11.6 Å². The van der Waals surface area contributed by atoms with E-state index in [1.165, 1.54) is 4.31 Å². The number of H-pyrrole nitrogens is 1. The Balaban J connectivity index is 2.33. The molecule has 19 heavy (non-hydrogen) atoms. The fourth-order valence-electron chi connectivity index (χ4n) is 2.29. The van der Waals surface area contributed by atoms with Gasteiger partial charge in [-0.05, 0) is 26.9 Å². The molecule has 0 spiro atoms. The van der Waals surface area contributed by atoms with Gasteiger partial charge >= 0.3 is 0 Å². The molecule has 2 heterocycles. The number of sulfonamides is 1. The molecule has 0 radical (unpaired) electrons. The van der Waals surface area contributed by atoms with E-state index in [1.54, 1.807) is 6.92 Å². The molecule has 0 bridgehead atoms. The van der Waals surface area contributed by atoms with Crippen LogP contribution in [0.2, 0.25) is 0 Å². The van der Waals surface area contributed by atoms with Crippen LogP contribution < -0.4 is 0 Å². The van der Waals surface area contributed by atoms with E-state index in [1.807, 2.05) is 7.05 Å². The molecule has 0 aliphatic carbocycles. The predicted octanol–water partition coefficient (Wildman–Crippen LogP) is 0.783. The van der Waals surface area contributed by atoms with Crippen molar-refractivity contribution >= 4 is 21.6 Å². The number of nitrogens with zero attached hydrogens (tertiary/aromatic N) is 3. The highest BCUT2D eigenvalue weighted by Crippen LogP contribution is 2.24. The minimum absolute atomic E-state index is 0.0899. The SMILES string of the molecule is Cc1[nH]nc(CCl)c1S(=O)(=O)N1CCCN(C)CC1. The number of nitrogens with one attached hydrogen (secondary N) is 1. The van der Waals surface area contributed by atoms with Crippen molar-refractivity contribution in [1.82, 2.24) is 19.4 Å². The van der Waals surface area contributed by atoms with Crippen LogP contribution >= 0.6 is 11.6 Å². The zero-order valence-electron chi connectivity index (χ0n) is 11.2. The Morgan fingerprint density at radius 2 is 2.05 bits per heavy atom. The van der Waals surface area contributed by atoms with Gasteiger partial charge in [-0.25, -0.2) is 8.42 Å². The smallest absolute Gasteiger partial charge is 0.246 e. The lowest BCUT2D eigenvalue weighted by Crippen LogP contribution is -2.35. The molecule has 8 heteroatoms. The van der Waals surface area contributed by atoms with Crippen molar-refractivity contribution in [1.29, 1.82) is 0 Å². The van der Waals surface area contributed by atoms with E-state index in [2.05, 4.69) is 15.1 Å². The highest BCUT2D eigenvalue weighted by atomic mass is 35.5. The first-order valence-corrected chi connectivity index (χ1v) is 8.22. The van der Waals surface area contributed by atoms with E-state index in [-0.39, 0.29) is 10.8 Å². The second-order valence-corrected chi connectivity index (χ2v) is 6.96. The Bertz CT molecular complexity index is 543. The van der Waals surface area contributed by atoms with Gasteiger partial charge in [-0.3, -0.25) is 5.10 Å². The van der Waals surface area contributed by atoms with Crippen molar-refractivity contribution in [3.63, 3.8) is 0 Å². The van der Waals surface area contributed by atoms with Gasteiger partial charge in [0.25, 0.3) is 0 Å². The predicted molar refractivity (Wildman–Crippen MR) is 73.8 cm³/mol. The van der Waals surface area contributed by atoms with Crippen LogP contribution in [0.5, 0.6) is 0 Å². The van der Waals surface area contributed by atoms with E-state index in [9.17, 15) is 8.42 Å². The Morgan fingerprint density at radius 1 is 1.32 bits per heavy atom. The summed E-state index contributed by atoms with van der Waals surface area (Å²) >= 11 is 5.77. The van der Waals surface area contributed by atoms with Crippen LogP contribution in [0.4, 0.5) is 0 Å². The summed E-state index contributed by atoms with van der Waals surface area (Å²) in [4.78, 5) is 2.38. The molecule has 6 nitrogen and oxygen atoms in total. The normalized spacial score (nSPS) is 19.5. The van der Waals surface area contributed by atoms with Crippen molar-refractivity contribution in [2.75, 3.05) is 33.2 Å². The van der Waals surface area contributed by atoms with Crippen molar-refractivity contribution in [2.24, 2.45) is 0 Å². The molecule has 0 saturated carbocycles. The maximum Gasteiger partial charge on any atom is 0.246 e. The highest BCUT2D eigenvalue weighted by molar-refractivity contribution is 7.89. The number of hydrogen-bond donors (Lipinski definition) is 1. The van der Waals surface area contributed by atoms with Gasteiger partial charge in [0.15, 0.2) is 0 Å². The summed E-state index contributed by atoms with van der Waals surface area (Å²) in [5.41, 5.74) is 0.949. The van der Waals surface area contributed by atoms with Gasteiger partial charge in [-0.1, -0.05) is 0 Å². The number of hydrogen-bond acceptors (Lipinski definition) is 4. The van der Waals surface area contributed by atoms with Crippen LogP contribution in [-0.4, -0.2) is 61.0 Å². The number of rotatable bonds is 3. The van der Waals surface area contributed by atoms with Crippen LogP contribution in [0, 0.1) is 6.92 Å². The average Bonchev–Trinajstić information content (AvgIpc) is 2.60. The monoisotopic (exact) mass is 306 g/mol. The van der Waals surface area contributed by atoms with Crippen LogP contribution in [-0.2, 0) is 15.9 Å². The average molecular weight is 307 g/mol. The van der Waals surface area contributed by atoms with Crippen molar-refractivity contribution in [3.8, 4) is 0 Å². The fourth-order valence-corrected chi connectivity index (χ4v) is 4.36. The first-order chi connectivity index (χ1) is 8.96. The number of aromatic nitrogens is 2. The third-order valence-corrected chi connectivity index (χ3v) is 5.72. The van der Waals surface area contributed by atoms with E-state index >= 15 is 0 Å². The summed E-state index contributed by atoms with van der Waals surface area (Å²) < 4.78 is 26.9. The number of alkyl halides is 1. The van der Waals surface area contributed by atoms with E-state index in [0.717, 1.165) is 19.5 Å². The van der Waals surface area contributed by atoms with E-state index < -0.39 is 10.0 Å². The van der Waals surface area contributed by atoms with Crippen molar-refractivity contribution < 1.29 is 8.42 Å². The van der Waals surface area contributed by atoms with Gasteiger partial charge in [0.2, 0.25) is 10.0 Å². The molecule has 1 aromatic heterocycles. The first kappa shape index (κ1) is 14.8. The molecule has 0 amide bonds. The summed E-state index contributed by atoms with van der Waals surface area (Å²) in [7, 11) is -1.51. The minimum atomic E-state index is -3.51. The summed E-state index contributed by atoms with van der Waals surface area (Å²) in [6.07, 6.45) is 0.836. The van der Waals surface area contributed by atoms with Gasteiger partial charge in [0.1, 0.15) is 4.90 Å². The largest absolute Gasteiger partial charge is 0.305 e. The molecule has 1 fully saturated rings. The molecule has 0 atom stereocenters. The zero-order valence-corrected chi connectivity index (χ0v) is 12.8. The molecule has 1 aliphatic heterocycles. The Hall–Kier alpha value is -0.630. The lowest BCUT2D eigenvalue weighted by molar-refractivity contribution is 0.347. The maximum absolute atomic E-state index is 12.7. The minimum Gasteiger partial charge on any atom is -0.305 e. The topological polar surface area (TPSA) is 69.3 Å². The summed E-state index contributed by atoms with van der Waals surface area (Å²) in [6, 6.07) is 0. The van der Waals surface area contributed by atoms with Gasteiger partial charge in [-0.2, -0.15) is 9.40 Å². The molecule has 1 N–H and O–H groups in total.